The normalized spacial score (nSPS) is 17.3. The number of ether oxygens (including phenoxy) is 2. The number of allylic oxidation sites excluding steroid dienone is 1. The van der Waals surface area contributed by atoms with E-state index in [0.717, 1.165) is 28.0 Å². The average molecular weight is 518 g/mol. The summed E-state index contributed by atoms with van der Waals surface area (Å²) >= 11 is 0. The first-order valence-corrected chi connectivity index (χ1v) is 13.5. The van der Waals surface area contributed by atoms with Gasteiger partial charge in [-0.15, -0.1) is 6.58 Å². The van der Waals surface area contributed by atoms with E-state index in [-0.39, 0.29) is 17.7 Å². The SMILES string of the molecule is C=CCC1C(=O)N(Cc2ccc(OC)cc2)CC1COC(c1ccccc1)(c1ccccc1)c1ccccc1. The van der Waals surface area contributed by atoms with Crippen molar-refractivity contribution in [2.24, 2.45) is 11.8 Å². The van der Waals surface area contributed by atoms with Crippen LogP contribution < -0.4 is 4.74 Å². The largest absolute Gasteiger partial charge is 0.497 e. The number of rotatable bonds is 11. The Morgan fingerprint density at radius 3 is 1.79 bits per heavy atom. The third-order valence-corrected chi connectivity index (χ3v) is 7.66. The van der Waals surface area contributed by atoms with Crippen LogP contribution in [0.5, 0.6) is 5.75 Å². The van der Waals surface area contributed by atoms with Crippen LogP contribution in [0, 0.1) is 11.8 Å². The molecule has 1 aliphatic heterocycles. The monoisotopic (exact) mass is 517 g/mol. The van der Waals surface area contributed by atoms with E-state index in [1.807, 2.05) is 53.4 Å². The van der Waals surface area contributed by atoms with Gasteiger partial charge in [0.1, 0.15) is 11.4 Å². The molecule has 0 N–H and O–H groups in total. The zero-order valence-corrected chi connectivity index (χ0v) is 22.4. The van der Waals surface area contributed by atoms with E-state index in [9.17, 15) is 4.79 Å². The molecule has 1 saturated heterocycles. The fourth-order valence-electron chi connectivity index (χ4n) is 5.67. The van der Waals surface area contributed by atoms with Gasteiger partial charge in [0.05, 0.1) is 13.7 Å². The summed E-state index contributed by atoms with van der Waals surface area (Å²) in [6.07, 6.45) is 2.48. The molecule has 0 aliphatic carbocycles. The lowest BCUT2D eigenvalue weighted by Crippen LogP contribution is -2.36. The number of carbonyl (C=O) groups is 1. The van der Waals surface area contributed by atoms with Crippen LogP contribution >= 0.6 is 0 Å². The van der Waals surface area contributed by atoms with Crippen LogP contribution in [-0.2, 0) is 21.7 Å². The lowest BCUT2D eigenvalue weighted by molar-refractivity contribution is -0.131. The zero-order valence-electron chi connectivity index (χ0n) is 22.4. The van der Waals surface area contributed by atoms with Crippen LogP contribution in [0.1, 0.15) is 28.7 Å². The molecular weight excluding hydrogens is 482 g/mol. The Balaban J connectivity index is 1.47. The maximum absolute atomic E-state index is 13.6. The molecule has 1 amide bonds. The molecule has 2 atom stereocenters. The molecule has 0 radical (unpaired) electrons. The maximum atomic E-state index is 13.6. The lowest BCUT2D eigenvalue weighted by atomic mass is 9.80. The van der Waals surface area contributed by atoms with Gasteiger partial charge in [0.2, 0.25) is 5.91 Å². The molecule has 4 nitrogen and oxygen atoms in total. The summed E-state index contributed by atoms with van der Waals surface area (Å²) < 4.78 is 12.4. The first kappa shape index (κ1) is 26.5. The minimum Gasteiger partial charge on any atom is -0.497 e. The minimum atomic E-state index is -0.811. The smallest absolute Gasteiger partial charge is 0.226 e. The molecule has 1 aliphatic rings. The van der Waals surface area contributed by atoms with E-state index in [1.165, 1.54) is 0 Å². The standard InChI is InChI=1S/C35H35NO3/c1-3-13-33-28(25-36(34(33)37)24-27-20-22-32(38-2)23-21-27)26-39-35(29-14-7-4-8-15-29,30-16-9-5-10-17-30)31-18-11-6-12-19-31/h3-12,14-23,28,33H,1,13,24-26H2,2H3. The molecule has 1 fully saturated rings. The van der Waals surface area contributed by atoms with Crippen LogP contribution in [0.25, 0.3) is 0 Å². The summed E-state index contributed by atoms with van der Waals surface area (Å²) in [5.41, 5.74) is 3.44. The third kappa shape index (κ3) is 5.52. The highest BCUT2D eigenvalue weighted by atomic mass is 16.5. The Labute approximate surface area is 231 Å². The van der Waals surface area contributed by atoms with Gasteiger partial charge in [-0.1, -0.05) is 109 Å². The van der Waals surface area contributed by atoms with Crippen LogP contribution in [0.3, 0.4) is 0 Å². The molecule has 4 aromatic rings. The van der Waals surface area contributed by atoms with Crippen molar-refractivity contribution < 1.29 is 14.3 Å². The Kier molecular flexibility index (Phi) is 8.24. The summed E-state index contributed by atoms with van der Waals surface area (Å²) in [5.74, 6) is 0.829. The zero-order chi connectivity index (χ0) is 27.1. The van der Waals surface area contributed by atoms with Crippen LogP contribution in [0.4, 0.5) is 0 Å². The summed E-state index contributed by atoms with van der Waals surface area (Å²) in [6.45, 7) is 5.58. The molecule has 2 unspecified atom stereocenters. The lowest BCUT2D eigenvalue weighted by Gasteiger charge is -2.37. The fraction of sp³-hybridized carbons (Fsp3) is 0.229. The molecule has 5 rings (SSSR count). The quantitative estimate of drug-likeness (QED) is 0.161. The molecule has 4 heteroatoms. The average Bonchev–Trinajstić information content (AvgIpc) is 3.29. The first-order valence-electron chi connectivity index (χ1n) is 13.5. The van der Waals surface area contributed by atoms with Crippen molar-refractivity contribution in [2.75, 3.05) is 20.3 Å². The van der Waals surface area contributed by atoms with Crippen molar-refractivity contribution in [3.63, 3.8) is 0 Å². The van der Waals surface area contributed by atoms with Crippen molar-refractivity contribution in [2.45, 2.75) is 18.6 Å². The van der Waals surface area contributed by atoms with Crippen LogP contribution in [0.15, 0.2) is 128 Å². The predicted molar refractivity (Wildman–Crippen MR) is 155 cm³/mol. The number of hydrogen-bond acceptors (Lipinski definition) is 3. The van der Waals surface area contributed by atoms with Gasteiger partial charge in [-0.05, 0) is 40.8 Å². The van der Waals surface area contributed by atoms with E-state index in [1.54, 1.807) is 7.11 Å². The summed E-state index contributed by atoms with van der Waals surface area (Å²) in [4.78, 5) is 15.5. The van der Waals surface area contributed by atoms with Crippen molar-refractivity contribution in [3.8, 4) is 5.75 Å². The van der Waals surface area contributed by atoms with E-state index in [0.29, 0.717) is 26.1 Å². The van der Waals surface area contributed by atoms with Gasteiger partial charge in [-0.2, -0.15) is 0 Å². The number of amides is 1. The van der Waals surface area contributed by atoms with Crippen molar-refractivity contribution >= 4 is 5.91 Å². The fourth-order valence-corrected chi connectivity index (χ4v) is 5.67. The van der Waals surface area contributed by atoms with Crippen LogP contribution in [-0.4, -0.2) is 31.1 Å². The summed E-state index contributed by atoms with van der Waals surface area (Å²) in [6, 6.07) is 39.0. The van der Waals surface area contributed by atoms with Gasteiger partial charge >= 0.3 is 0 Å². The van der Waals surface area contributed by atoms with E-state index in [2.05, 4.69) is 79.4 Å². The highest BCUT2D eigenvalue weighted by Crippen LogP contribution is 2.42. The molecule has 0 bridgehead atoms. The number of carbonyl (C=O) groups excluding carboxylic acids is 1. The molecular formula is C35H35NO3. The highest BCUT2D eigenvalue weighted by Gasteiger charge is 2.43. The van der Waals surface area contributed by atoms with Crippen molar-refractivity contribution in [1.29, 1.82) is 0 Å². The molecule has 4 aromatic carbocycles. The predicted octanol–water partition coefficient (Wildman–Crippen LogP) is 6.85. The Hall–Kier alpha value is -4.15. The Bertz CT molecular complexity index is 1260. The van der Waals surface area contributed by atoms with E-state index in [4.69, 9.17) is 9.47 Å². The number of benzene rings is 4. The minimum absolute atomic E-state index is 0.0317. The van der Waals surface area contributed by atoms with Gasteiger partial charge in [-0.3, -0.25) is 4.79 Å². The van der Waals surface area contributed by atoms with Crippen LogP contribution in [0.2, 0.25) is 0 Å². The molecule has 198 valence electrons. The van der Waals surface area contributed by atoms with Crippen molar-refractivity contribution in [1.82, 2.24) is 4.90 Å². The Morgan fingerprint density at radius 1 is 0.821 bits per heavy atom. The Morgan fingerprint density at radius 2 is 1.33 bits per heavy atom. The molecule has 0 saturated carbocycles. The summed E-state index contributed by atoms with van der Waals surface area (Å²) in [7, 11) is 1.66. The molecule has 0 spiro atoms. The number of likely N-dealkylation sites (tertiary alicyclic amines) is 1. The molecule has 39 heavy (non-hydrogen) atoms. The maximum Gasteiger partial charge on any atom is 0.226 e. The first-order chi connectivity index (χ1) is 19.2. The second kappa shape index (κ2) is 12.1. The second-order valence-corrected chi connectivity index (χ2v) is 10.0. The molecule has 1 heterocycles. The molecule has 0 aromatic heterocycles. The van der Waals surface area contributed by atoms with Gasteiger partial charge < -0.3 is 14.4 Å². The van der Waals surface area contributed by atoms with Crippen molar-refractivity contribution in [3.05, 3.63) is 150 Å². The topological polar surface area (TPSA) is 38.8 Å². The number of nitrogens with zero attached hydrogens (tertiary/aromatic N) is 1. The summed E-state index contributed by atoms with van der Waals surface area (Å²) in [5, 5.41) is 0. The highest BCUT2D eigenvalue weighted by molar-refractivity contribution is 5.81. The van der Waals surface area contributed by atoms with E-state index >= 15 is 0 Å². The van der Waals surface area contributed by atoms with Gasteiger partial charge in [0.15, 0.2) is 0 Å². The van der Waals surface area contributed by atoms with Gasteiger partial charge in [0.25, 0.3) is 0 Å². The third-order valence-electron chi connectivity index (χ3n) is 7.66. The van der Waals surface area contributed by atoms with E-state index < -0.39 is 5.60 Å². The van der Waals surface area contributed by atoms with Gasteiger partial charge in [0, 0.05) is 24.9 Å². The number of methoxy groups -OCH3 is 1. The van der Waals surface area contributed by atoms with Gasteiger partial charge in [-0.25, -0.2) is 0 Å². The number of hydrogen-bond donors (Lipinski definition) is 0. The second-order valence-electron chi connectivity index (χ2n) is 10.0.